The molecule has 1 atom stereocenters. The van der Waals surface area contributed by atoms with E-state index in [1.165, 1.54) is 35.2 Å². The van der Waals surface area contributed by atoms with Crippen molar-refractivity contribution in [2.75, 3.05) is 17.4 Å². The molecule has 40 heavy (non-hydrogen) atoms. The molecule has 0 bridgehead atoms. The number of unbranched alkanes of at least 4 members (excludes halogenated alkanes) is 1. The van der Waals surface area contributed by atoms with E-state index in [9.17, 15) is 28.1 Å². The van der Waals surface area contributed by atoms with Gasteiger partial charge in [0.1, 0.15) is 12.6 Å². The van der Waals surface area contributed by atoms with Crippen molar-refractivity contribution < 1.29 is 22.9 Å². The SMILES string of the molecule is CCCCNC(=O)[C@H](C)N(Cc1ccccc1C)C(=O)CN(c1cccc([N+](=O)[O-])c1)S(=O)(=O)c1ccccc1. The van der Waals surface area contributed by atoms with E-state index in [1.807, 2.05) is 38.1 Å². The molecule has 0 heterocycles. The van der Waals surface area contributed by atoms with Gasteiger partial charge in [0, 0.05) is 25.2 Å². The number of non-ortho nitro benzene ring substituents is 1. The largest absolute Gasteiger partial charge is 0.354 e. The highest BCUT2D eigenvalue weighted by atomic mass is 32.2. The van der Waals surface area contributed by atoms with Crippen molar-refractivity contribution >= 4 is 33.2 Å². The number of nitro benzene ring substituents is 1. The van der Waals surface area contributed by atoms with Crippen LogP contribution in [0.5, 0.6) is 0 Å². The normalized spacial score (nSPS) is 11.9. The molecule has 11 heteroatoms. The van der Waals surface area contributed by atoms with Gasteiger partial charge in [-0.05, 0) is 49.6 Å². The molecule has 0 saturated carbocycles. The van der Waals surface area contributed by atoms with E-state index in [1.54, 1.807) is 25.1 Å². The van der Waals surface area contributed by atoms with Crippen LogP contribution in [-0.2, 0) is 26.2 Å². The van der Waals surface area contributed by atoms with Crippen LogP contribution in [0.1, 0.15) is 37.8 Å². The van der Waals surface area contributed by atoms with Crippen molar-refractivity contribution in [2.24, 2.45) is 0 Å². The van der Waals surface area contributed by atoms with E-state index in [4.69, 9.17) is 0 Å². The molecule has 0 spiro atoms. The smallest absolute Gasteiger partial charge is 0.271 e. The zero-order chi connectivity index (χ0) is 29.3. The number of anilines is 1. The molecule has 0 saturated heterocycles. The molecule has 2 amide bonds. The Morgan fingerprint density at radius 1 is 1.00 bits per heavy atom. The second-order valence-electron chi connectivity index (χ2n) is 9.37. The van der Waals surface area contributed by atoms with Crippen LogP contribution in [-0.4, -0.2) is 49.2 Å². The number of aryl methyl sites for hydroxylation is 1. The van der Waals surface area contributed by atoms with Crippen molar-refractivity contribution in [2.45, 2.75) is 51.1 Å². The Kier molecular flexibility index (Phi) is 10.4. The standard InChI is InChI=1S/C29H34N4O6S/c1-4-5-18-30-29(35)23(3)31(20-24-13-10-9-12-22(24)2)28(34)21-32(25-14-11-15-26(19-25)33(36)37)40(38,39)27-16-7-6-8-17-27/h6-17,19,23H,4-5,18,20-21H2,1-3H3,(H,30,35)/t23-/m0/s1. The lowest BCUT2D eigenvalue weighted by Crippen LogP contribution is -2.51. The first-order chi connectivity index (χ1) is 19.1. The second-order valence-corrected chi connectivity index (χ2v) is 11.2. The second kappa shape index (κ2) is 13.7. The molecular formula is C29H34N4O6S. The summed E-state index contributed by atoms with van der Waals surface area (Å²) in [5, 5.41) is 14.3. The van der Waals surface area contributed by atoms with Crippen LogP contribution in [0, 0.1) is 17.0 Å². The van der Waals surface area contributed by atoms with E-state index >= 15 is 0 Å². The van der Waals surface area contributed by atoms with Gasteiger partial charge in [0.25, 0.3) is 15.7 Å². The number of sulfonamides is 1. The van der Waals surface area contributed by atoms with Crippen LogP contribution >= 0.6 is 0 Å². The van der Waals surface area contributed by atoms with Crippen molar-refractivity contribution in [1.82, 2.24) is 10.2 Å². The number of amides is 2. The van der Waals surface area contributed by atoms with Gasteiger partial charge in [-0.3, -0.25) is 24.0 Å². The Labute approximate surface area is 234 Å². The first kappa shape index (κ1) is 30.3. The Balaban J connectivity index is 2.04. The van der Waals surface area contributed by atoms with Gasteiger partial charge in [-0.1, -0.05) is 61.9 Å². The summed E-state index contributed by atoms with van der Waals surface area (Å²) in [6, 6.07) is 19.2. The maximum Gasteiger partial charge on any atom is 0.271 e. The molecule has 3 aromatic rings. The molecule has 0 fully saturated rings. The van der Waals surface area contributed by atoms with Crippen LogP contribution in [0.4, 0.5) is 11.4 Å². The average Bonchev–Trinajstić information content (AvgIpc) is 2.95. The zero-order valence-corrected chi connectivity index (χ0v) is 23.6. The first-order valence-corrected chi connectivity index (χ1v) is 14.4. The molecule has 0 aromatic heterocycles. The zero-order valence-electron chi connectivity index (χ0n) is 22.8. The number of hydrogen-bond acceptors (Lipinski definition) is 6. The van der Waals surface area contributed by atoms with Gasteiger partial charge >= 0.3 is 0 Å². The van der Waals surface area contributed by atoms with Crippen molar-refractivity contribution in [1.29, 1.82) is 0 Å². The third-order valence-corrected chi connectivity index (χ3v) is 8.33. The molecule has 3 aromatic carbocycles. The summed E-state index contributed by atoms with van der Waals surface area (Å²) >= 11 is 0. The third-order valence-electron chi connectivity index (χ3n) is 6.54. The van der Waals surface area contributed by atoms with Gasteiger partial charge < -0.3 is 10.2 Å². The molecule has 10 nitrogen and oxygen atoms in total. The maximum absolute atomic E-state index is 13.9. The molecule has 0 aliphatic rings. The lowest BCUT2D eigenvalue weighted by Gasteiger charge is -2.32. The minimum atomic E-state index is -4.31. The molecule has 3 rings (SSSR count). The minimum Gasteiger partial charge on any atom is -0.354 e. The van der Waals surface area contributed by atoms with Crippen LogP contribution in [0.25, 0.3) is 0 Å². The van der Waals surface area contributed by atoms with Gasteiger partial charge in [-0.2, -0.15) is 0 Å². The van der Waals surface area contributed by atoms with Gasteiger partial charge in [0.15, 0.2) is 0 Å². The molecular weight excluding hydrogens is 532 g/mol. The van der Waals surface area contributed by atoms with E-state index in [0.29, 0.717) is 6.54 Å². The lowest BCUT2D eigenvalue weighted by atomic mass is 10.1. The first-order valence-electron chi connectivity index (χ1n) is 13.0. The summed E-state index contributed by atoms with van der Waals surface area (Å²) in [5.41, 5.74) is 1.35. The summed E-state index contributed by atoms with van der Waals surface area (Å²) in [4.78, 5) is 39.0. The van der Waals surface area contributed by atoms with E-state index in [2.05, 4.69) is 5.32 Å². The number of nitrogens with one attached hydrogen (secondary N) is 1. The molecule has 1 N–H and O–H groups in total. The van der Waals surface area contributed by atoms with Crippen LogP contribution in [0.2, 0.25) is 0 Å². The topological polar surface area (TPSA) is 130 Å². The minimum absolute atomic E-state index is 0.0395. The molecule has 0 unspecified atom stereocenters. The quantitative estimate of drug-likeness (QED) is 0.185. The Hall–Kier alpha value is -4.25. The highest BCUT2D eigenvalue weighted by Crippen LogP contribution is 2.27. The predicted molar refractivity (Wildman–Crippen MR) is 153 cm³/mol. The Bertz CT molecular complexity index is 1450. The molecule has 212 valence electrons. The van der Waals surface area contributed by atoms with E-state index in [0.717, 1.165) is 34.3 Å². The molecule has 0 radical (unpaired) electrons. The highest BCUT2D eigenvalue weighted by molar-refractivity contribution is 7.92. The number of rotatable bonds is 13. The number of hydrogen-bond donors (Lipinski definition) is 1. The fraction of sp³-hybridized carbons (Fsp3) is 0.310. The molecule has 0 aliphatic heterocycles. The number of nitro groups is 1. The van der Waals surface area contributed by atoms with Gasteiger partial charge in [-0.25, -0.2) is 8.42 Å². The Morgan fingerprint density at radius 2 is 1.68 bits per heavy atom. The predicted octanol–water partition coefficient (Wildman–Crippen LogP) is 4.43. The average molecular weight is 567 g/mol. The van der Waals surface area contributed by atoms with Crippen LogP contribution in [0.15, 0.2) is 83.8 Å². The number of carbonyl (C=O) groups excluding carboxylic acids is 2. The fourth-order valence-corrected chi connectivity index (χ4v) is 5.53. The van der Waals surface area contributed by atoms with Crippen molar-refractivity contribution in [3.05, 3.63) is 100 Å². The Morgan fingerprint density at radius 3 is 2.33 bits per heavy atom. The van der Waals surface area contributed by atoms with Gasteiger partial charge in [-0.15, -0.1) is 0 Å². The summed E-state index contributed by atoms with van der Waals surface area (Å²) in [6.07, 6.45) is 1.66. The third kappa shape index (κ3) is 7.44. The number of benzene rings is 3. The monoisotopic (exact) mass is 566 g/mol. The highest BCUT2D eigenvalue weighted by Gasteiger charge is 2.33. The summed E-state index contributed by atoms with van der Waals surface area (Å²) < 4.78 is 28.4. The van der Waals surface area contributed by atoms with Gasteiger partial charge in [0.05, 0.1) is 15.5 Å². The summed E-state index contributed by atoms with van der Waals surface area (Å²) in [5.74, 6) is -0.990. The number of nitrogens with zero attached hydrogens (tertiary/aromatic N) is 3. The van der Waals surface area contributed by atoms with Crippen molar-refractivity contribution in [3.8, 4) is 0 Å². The maximum atomic E-state index is 13.9. The van der Waals surface area contributed by atoms with Crippen molar-refractivity contribution in [3.63, 3.8) is 0 Å². The van der Waals surface area contributed by atoms with Gasteiger partial charge in [0.2, 0.25) is 11.8 Å². The molecule has 0 aliphatic carbocycles. The lowest BCUT2D eigenvalue weighted by molar-refractivity contribution is -0.384. The summed E-state index contributed by atoms with van der Waals surface area (Å²) in [7, 11) is -4.31. The number of carbonyl (C=O) groups is 2. The van der Waals surface area contributed by atoms with Crippen LogP contribution < -0.4 is 9.62 Å². The van der Waals surface area contributed by atoms with E-state index < -0.39 is 33.4 Å². The van der Waals surface area contributed by atoms with Crippen LogP contribution in [0.3, 0.4) is 0 Å². The fourth-order valence-electron chi connectivity index (χ4n) is 4.10. The van der Waals surface area contributed by atoms with E-state index in [-0.39, 0.29) is 28.7 Å². The summed E-state index contributed by atoms with van der Waals surface area (Å²) in [6.45, 7) is 5.34.